The molecule has 2 aromatic rings. The van der Waals surface area contributed by atoms with Crippen LogP contribution >= 0.6 is 0 Å². The highest BCUT2D eigenvalue weighted by molar-refractivity contribution is 6.04. The lowest BCUT2D eigenvalue weighted by molar-refractivity contribution is 0.0461. The molecule has 1 N–H and O–H groups in total. The molecule has 116 valence electrons. The molecule has 1 amide bonds. The van der Waals surface area contributed by atoms with Crippen molar-refractivity contribution in [1.29, 1.82) is 0 Å². The van der Waals surface area contributed by atoms with Crippen LogP contribution in [0.15, 0.2) is 28.8 Å². The van der Waals surface area contributed by atoms with E-state index in [1.54, 1.807) is 0 Å². The first kappa shape index (κ1) is 13.8. The summed E-state index contributed by atoms with van der Waals surface area (Å²) in [7, 11) is 2.22. The number of carbonyl (C=O) groups is 1. The number of carbonyl (C=O) groups excluding carboxylic acids is 1. The van der Waals surface area contributed by atoms with Gasteiger partial charge in [-0.2, -0.15) is 0 Å². The summed E-state index contributed by atoms with van der Waals surface area (Å²) in [4.78, 5) is 15.0. The van der Waals surface area contributed by atoms with Crippen molar-refractivity contribution in [3.05, 3.63) is 30.0 Å². The first-order chi connectivity index (χ1) is 10.7. The molecule has 0 aliphatic carbocycles. The number of piperidine rings is 2. The van der Waals surface area contributed by atoms with E-state index in [-0.39, 0.29) is 11.9 Å². The van der Waals surface area contributed by atoms with E-state index >= 15 is 0 Å². The van der Waals surface area contributed by atoms with Gasteiger partial charge in [0, 0.05) is 18.1 Å². The zero-order chi connectivity index (χ0) is 15.1. The Bertz CT molecular complexity index is 682. The number of nitrogens with zero attached hydrogens (tertiary/aromatic N) is 2. The average Bonchev–Trinajstić information content (AvgIpc) is 2.92. The first-order valence-electron chi connectivity index (χ1n) is 8.09. The molecule has 2 aliphatic heterocycles. The van der Waals surface area contributed by atoms with Gasteiger partial charge in [-0.05, 0) is 44.9 Å². The summed E-state index contributed by atoms with van der Waals surface area (Å²) in [5.74, 6) is -0.113. The molecule has 5 heteroatoms. The zero-order valence-electron chi connectivity index (χ0n) is 12.8. The van der Waals surface area contributed by atoms with Crippen LogP contribution in [0, 0.1) is 0 Å². The van der Waals surface area contributed by atoms with Crippen LogP contribution in [0.25, 0.3) is 11.0 Å². The van der Waals surface area contributed by atoms with Crippen molar-refractivity contribution in [2.45, 2.75) is 50.2 Å². The number of hydrogen-bond acceptors (Lipinski definition) is 4. The van der Waals surface area contributed by atoms with E-state index in [0.717, 1.165) is 18.2 Å². The van der Waals surface area contributed by atoms with E-state index in [4.69, 9.17) is 4.52 Å². The van der Waals surface area contributed by atoms with Crippen LogP contribution in [0.1, 0.15) is 42.6 Å². The first-order valence-corrected chi connectivity index (χ1v) is 8.09. The number of para-hydroxylation sites is 1. The minimum atomic E-state index is -0.113. The SMILES string of the molecule is CN1[C@@H]2CCC[C@H]1CC(NC(=O)c1noc3ccccc13)C2. The van der Waals surface area contributed by atoms with E-state index in [9.17, 15) is 4.79 Å². The maximum atomic E-state index is 12.5. The molecule has 0 spiro atoms. The highest BCUT2D eigenvalue weighted by atomic mass is 16.5. The largest absolute Gasteiger partial charge is 0.355 e. The number of amides is 1. The molecular formula is C17H21N3O2. The van der Waals surface area contributed by atoms with E-state index in [1.165, 1.54) is 19.3 Å². The Balaban J connectivity index is 1.50. The van der Waals surface area contributed by atoms with Gasteiger partial charge in [-0.25, -0.2) is 0 Å². The van der Waals surface area contributed by atoms with E-state index in [2.05, 4.69) is 22.4 Å². The van der Waals surface area contributed by atoms with Crippen molar-refractivity contribution in [3.8, 4) is 0 Å². The highest BCUT2D eigenvalue weighted by Crippen LogP contribution is 2.32. The lowest BCUT2D eigenvalue weighted by Gasteiger charge is -2.47. The summed E-state index contributed by atoms with van der Waals surface area (Å²) in [5.41, 5.74) is 1.06. The molecule has 1 unspecified atom stereocenters. The summed E-state index contributed by atoms with van der Waals surface area (Å²) in [6, 6.07) is 8.94. The van der Waals surface area contributed by atoms with Gasteiger partial charge in [0.2, 0.25) is 0 Å². The lowest BCUT2D eigenvalue weighted by Crippen LogP contribution is -2.55. The second-order valence-electron chi connectivity index (χ2n) is 6.57. The Morgan fingerprint density at radius 3 is 2.77 bits per heavy atom. The monoisotopic (exact) mass is 299 g/mol. The Kier molecular flexibility index (Phi) is 3.37. The summed E-state index contributed by atoms with van der Waals surface area (Å²) >= 11 is 0. The minimum Gasteiger partial charge on any atom is -0.355 e. The number of benzene rings is 1. The maximum absolute atomic E-state index is 12.5. The number of nitrogens with one attached hydrogen (secondary N) is 1. The molecule has 2 saturated heterocycles. The molecule has 22 heavy (non-hydrogen) atoms. The number of fused-ring (bicyclic) bond motifs is 3. The molecule has 1 aromatic heterocycles. The fourth-order valence-electron chi connectivity index (χ4n) is 4.04. The molecular weight excluding hydrogens is 278 g/mol. The Morgan fingerprint density at radius 2 is 2.00 bits per heavy atom. The van der Waals surface area contributed by atoms with Crippen LogP contribution in [0.3, 0.4) is 0 Å². The molecule has 5 nitrogen and oxygen atoms in total. The number of aromatic nitrogens is 1. The van der Waals surface area contributed by atoms with E-state index < -0.39 is 0 Å². The fourth-order valence-corrected chi connectivity index (χ4v) is 4.04. The normalized spacial score (nSPS) is 28.7. The minimum absolute atomic E-state index is 0.113. The van der Waals surface area contributed by atoms with Crippen LogP contribution in [-0.2, 0) is 0 Å². The summed E-state index contributed by atoms with van der Waals surface area (Å²) in [6.07, 6.45) is 5.87. The molecule has 3 atom stereocenters. The molecule has 4 rings (SSSR count). The molecule has 1 aromatic carbocycles. The maximum Gasteiger partial charge on any atom is 0.274 e. The number of hydrogen-bond donors (Lipinski definition) is 1. The van der Waals surface area contributed by atoms with Gasteiger partial charge in [0.1, 0.15) is 0 Å². The van der Waals surface area contributed by atoms with E-state index in [0.29, 0.717) is 23.4 Å². The molecule has 2 fully saturated rings. The summed E-state index contributed by atoms with van der Waals surface area (Å²) in [5, 5.41) is 7.91. The van der Waals surface area contributed by atoms with Gasteiger partial charge >= 0.3 is 0 Å². The van der Waals surface area contributed by atoms with Crippen LogP contribution in [0.5, 0.6) is 0 Å². The third-order valence-electron chi connectivity index (χ3n) is 5.27. The van der Waals surface area contributed by atoms with Gasteiger partial charge in [0.05, 0.1) is 5.39 Å². The highest BCUT2D eigenvalue weighted by Gasteiger charge is 2.36. The summed E-state index contributed by atoms with van der Waals surface area (Å²) < 4.78 is 5.23. The molecule has 0 saturated carbocycles. The average molecular weight is 299 g/mol. The van der Waals surface area contributed by atoms with Crippen molar-refractivity contribution in [1.82, 2.24) is 15.4 Å². The molecule has 3 heterocycles. The van der Waals surface area contributed by atoms with Crippen LogP contribution in [0.2, 0.25) is 0 Å². The third kappa shape index (κ3) is 2.29. The van der Waals surface area contributed by atoms with E-state index in [1.807, 2.05) is 24.3 Å². The topological polar surface area (TPSA) is 58.4 Å². The van der Waals surface area contributed by atoms with Gasteiger partial charge in [-0.15, -0.1) is 0 Å². The van der Waals surface area contributed by atoms with Gasteiger partial charge in [-0.1, -0.05) is 23.7 Å². The third-order valence-corrected chi connectivity index (χ3v) is 5.27. The lowest BCUT2D eigenvalue weighted by atomic mass is 9.82. The predicted octanol–water partition coefficient (Wildman–Crippen LogP) is 2.57. The molecule has 2 aliphatic rings. The Labute approximate surface area is 129 Å². The summed E-state index contributed by atoms with van der Waals surface area (Å²) in [6.45, 7) is 0. The van der Waals surface area contributed by atoms with Crippen molar-refractivity contribution in [3.63, 3.8) is 0 Å². The van der Waals surface area contributed by atoms with Gasteiger partial charge in [-0.3, -0.25) is 4.79 Å². The van der Waals surface area contributed by atoms with Gasteiger partial charge < -0.3 is 14.7 Å². The number of rotatable bonds is 2. The van der Waals surface area contributed by atoms with Crippen LogP contribution in [-0.4, -0.2) is 41.1 Å². The quantitative estimate of drug-likeness (QED) is 0.926. The van der Waals surface area contributed by atoms with Crippen molar-refractivity contribution in [2.75, 3.05) is 7.05 Å². The van der Waals surface area contributed by atoms with Crippen molar-refractivity contribution < 1.29 is 9.32 Å². The Hall–Kier alpha value is -1.88. The predicted molar refractivity (Wildman–Crippen MR) is 83.7 cm³/mol. The van der Waals surface area contributed by atoms with Crippen LogP contribution in [0.4, 0.5) is 0 Å². The van der Waals surface area contributed by atoms with Crippen molar-refractivity contribution in [2.24, 2.45) is 0 Å². The Morgan fingerprint density at radius 1 is 1.27 bits per heavy atom. The molecule has 2 bridgehead atoms. The zero-order valence-corrected chi connectivity index (χ0v) is 12.8. The second-order valence-corrected chi connectivity index (χ2v) is 6.57. The smallest absolute Gasteiger partial charge is 0.274 e. The standard InChI is InChI=1S/C17H21N3O2/c1-20-12-5-4-6-13(20)10-11(9-12)18-17(21)16-14-7-2-3-8-15(14)22-19-16/h2-3,7-8,11-13H,4-6,9-10H2,1H3,(H,18,21)/t11?,12-,13+. The second kappa shape index (κ2) is 5.39. The fraction of sp³-hybridized carbons (Fsp3) is 0.529. The molecule has 0 radical (unpaired) electrons. The van der Waals surface area contributed by atoms with Gasteiger partial charge in [0.25, 0.3) is 5.91 Å². The van der Waals surface area contributed by atoms with Crippen molar-refractivity contribution >= 4 is 16.9 Å². The van der Waals surface area contributed by atoms with Gasteiger partial charge in [0.15, 0.2) is 11.3 Å². The van der Waals surface area contributed by atoms with Crippen LogP contribution < -0.4 is 5.32 Å².